The lowest BCUT2D eigenvalue weighted by atomic mass is 10.2. The van der Waals surface area contributed by atoms with Crippen molar-refractivity contribution in [2.45, 2.75) is 25.6 Å². The second kappa shape index (κ2) is 10.5. The quantitative estimate of drug-likeness (QED) is 0.298. The minimum atomic E-state index is -4.66. The summed E-state index contributed by atoms with van der Waals surface area (Å²) >= 11 is 12.5. The molecule has 16 heteroatoms. The van der Waals surface area contributed by atoms with Gasteiger partial charge in [-0.2, -0.15) is 23.1 Å². The lowest BCUT2D eigenvalue weighted by molar-refractivity contribution is -0.153. The van der Waals surface area contributed by atoms with Crippen LogP contribution < -0.4 is 21.1 Å². The van der Waals surface area contributed by atoms with Gasteiger partial charge in [0.05, 0.1) is 21.2 Å². The Morgan fingerprint density at radius 2 is 1.91 bits per heavy atom. The molecule has 0 aliphatic heterocycles. The number of fused-ring (bicyclic) bond motifs is 1. The van der Waals surface area contributed by atoms with Gasteiger partial charge in [-0.1, -0.05) is 29.3 Å². The standard InChI is InChI=1S/C19H15Cl2F5N6O3/c20-9-2-1-7(5-28-12(33)4-19(24,25)26)13(21)14(9)30-18-29-10-3-8(15(27)34)17(31-16(10)32-18)35-6-11(22)23/h1-3,11H,4-6H2,(H2,27,34)(H,28,33)(H2,29,30,31,32). The summed E-state index contributed by atoms with van der Waals surface area (Å²) in [5.41, 5.74) is 5.51. The fraction of sp³-hybridized carbons (Fsp3) is 0.263. The number of H-pyrrole nitrogens is 1. The van der Waals surface area contributed by atoms with E-state index in [1.54, 1.807) is 0 Å². The zero-order chi connectivity index (χ0) is 25.9. The molecule has 35 heavy (non-hydrogen) atoms. The molecule has 2 aromatic heterocycles. The number of nitrogens with two attached hydrogens (primary N) is 1. The first-order chi connectivity index (χ1) is 16.3. The number of ether oxygens (including phenoxy) is 1. The highest BCUT2D eigenvalue weighted by Crippen LogP contribution is 2.35. The van der Waals surface area contributed by atoms with E-state index in [4.69, 9.17) is 33.7 Å². The van der Waals surface area contributed by atoms with Crippen molar-refractivity contribution in [2.75, 3.05) is 11.9 Å². The number of aromatic nitrogens is 3. The van der Waals surface area contributed by atoms with Crippen molar-refractivity contribution in [3.8, 4) is 5.88 Å². The number of imidazole rings is 1. The molecule has 188 valence electrons. The van der Waals surface area contributed by atoms with Gasteiger partial charge in [-0.05, 0) is 17.7 Å². The van der Waals surface area contributed by atoms with Crippen LogP contribution in [0.15, 0.2) is 18.2 Å². The summed E-state index contributed by atoms with van der Waals surface area (Å²) < 4.78 is 66.8. The molecular formula is C19H15Cl2F5N6O3. The number of primary amides is 1. The van der Waals surface area contributed by atoms with Gasteiger partial charge in [0.2, 0.25) is 17.7 Å². The molecule has 0 bridgehead atoms. The zero-order valence-corrected chi connectivity index (χ0v) is 18.8. The van der Waals surface area contributed by atoms with Crippen molar-refractivity contribution < 1.29 is 36.3 Å². The van der Waals surface area contributed by atoms with Crippen molar-refractivity contribution in [2.24, 2.45) is 5.73 Å². The number of rotatable bonds is 9. The van der Waals surface area contributed by atoms with Gasteiger partial charge in [0.25, 0.3) is 12.3 Å². The van der Waals surface area contributed by atoms with E-state index < -0.39 is 43.3 Å². The third-order valence-corrected chi connectivity index (χ3v) is 5.05. The van der Waals surface area contributed by atoms with E-state index in [2.05, 4.69) is 25.6 Å². The number of nitrogens with one attached hydrogen (secondary N) is 3. The molecule has 0 radical (unpaired) electrons. The number of nitrogens with zero attached hydrogens (tertiary/aromatic N) is 2. The Balaban J connectivity index is 1.85. The summed E-state index contributed by atoms with van der Waals surface area (Å²) in [7, 11) is 0. The molecule has 0 aliphatic carbocycles. The normalized spacial score (nSPS) is 11.7. The van der Waals surface area contributed by atoms with Gasteiger partial charge in [0.1, 0.15) is 12.0 Å². The maximum atomic E-state index is 12.5. The monoisotopic (exact) mass is 540 g/mol. The Morgan fingerprint density at radius 1 is 1.20 bits per heavy atom. The molecule has 0 aliphatic rings. The Hall–Kier alpha value is -3.39. The van der Waals surface area contributed by atoms with Gasteiger partial charge in [-0.25, -0.2) is 8.78 Å². The molecule has 5 N–H and O–H groups in total. The molecule has 0 spiro atoms. The number of anilines is 2. The van der Waals surface area contributed by atoms with E-state index in [1.807, 2.05) is 0 Å². The maximum Gasteiger partial charge on any atom is 0.397 e. The SMILES string of the molecule is NC(=O)c1cc2[nH]c(Nc3c(Cl)ccc(CNC(=O)CC(F)(F)F)c3Cl)nc2nc1OCC(F)F. The summed E-state index contributed by atoms with van der Waals surface area (Å²) in [6.07, 6.45) is -9.13. The van der Waals surface area contributed by atoms with Gasteiger partial charge < -0.3 is 26.1 Å². The Bertz CT molecular complexity index is 1270. The predicted molar refractivity (Wildman–Crippen MR) is 116 cm³/mol. The smallest absolute Gasteiger partial charge is 0.397 e. The van der Waals surface area contributed by atoms with Crippen LogP contribution in [0.5, 0.6) is 5.88 Å². The summed E-state index contributed by atoms with van der Waals surface area (Å²) in [5.74, 6) is -2.64. The Labute approximate surface area is 203 Å². The zero-order valence-electron chi connectivity index (χ0n) is 17.3. The van der Waals surface area contributed by atoms with Gasteiger partial charge in [-0.15, -0.1) is 0 Å². The number of carbonyl (C=O) groups is 2. The molecule has 3 aromatic rings. The van der Waals surface area contributed by atoms with Crippen molar-refractivity contribution in [1.82, 2.24) is 20.3 Å². The molecule has 1 aromatic carbocycles. The second-order valence-corrected chi connectivity index (χ2v) is 7.74. The minimum Gasteiger partial charge on any atom is -0.471 e. The van der Waals surface area contributed by atoms with Crippen LogP contribution in [0.4, 0.5) is 33.6 Å². The topological polar surface area (TPSA) is 135 Å². The molecule has 0 saturated carbocycles. The number of halogens is 7. The average Bonchev–Trinajstić information content (AvgIpc) is 3.14. The molecule has 0 fully saturated rings. The lowest BCUT2D eigenvalue weighted by Gasteiger charge is -2.13. The van der Waals surface area contributed by atoms with Crippen LogP contribution in [0, 0.1) is 0 Å². The second-order valence-electron chi connectivity index (χ2n) is 6.95. The van der Waals surface area contributed by atoms with E-state index in [9.17, 15) is 31.5 Å². The maximum absolute atomic E-state index is 12.5. The van der Waals surface area contributed by atoms with E-state index in [-0.39, 0.29) is 50.5 Å². The van der Waals surface area contributed by atoms with E-state index in [0.717, 1.165) is 0 Å². The van der Waals surface area contributed by atoms with Crippen molar-refractivity contribution in [3.05, 3.63) is 39.4 Å². The van der Waals surface area contributed by atoms with Crippen LogP contribution in [-0.4, -0.2) is 46.0 Å². The van der Waals surface area contributed by atoms with Crippen LogP contribution in [0.3, 0.4) is 0 Å². The molecule has 9 nitrogen and oxygen atoms in total. The third-order valence-electron chi connectivity index (χ3n) is 4.30. The molecule has 2 amide bonds. The molecule has 3 rings (SSSR count). The van der Waals surface area contributed by atoms with E-state index >= 15 is 0 Å². The first kappa shape index (κ1) is 26.2. The van der Waals surface area contributed by atoms with Gasteiger partial charge in [-0.3, -0.25) is 9.59 Å². The van der Waals surface area contributed by atoms with E-state index in [1.165, 1.54) is 18.2 Å². The summed E-state index contributed by atoms with van der Waals surface area (Å²) in [6, 6.07) is 4.01. The molecule has 0 saturated heterocycles. The van der Waals surface area contributed by atoms with Crippen molar-refractivity contribution in [1.29, 1.82) is 0 Å². The first-order valence-electron chi connectivity index (χ1n) is 9.53. The van der Waals surface area contributed by atoms with Crippen molar-refractivity contribution in [3.63, 3.8) is 0 Å². The van der Waals surface area contributed by atoms with Crippen molar-refractivity contribution >= 4 is 57.8 Å². The Kier molecular flexibility index (Phi) is 7.85. The Morgan fingerprint density at radius 3 is 2.54 bits per heavy atom. The van der Waals surface area contributed by atoms with Gasteiger partial charge in [0, 0.05) is 6.54 Å². The van der Waals surface area contributed by atoms with Crippen LogP contribution in [0.2, 0.25) is 10.0 Å². The largest absolute Gasteiger partial charge is 0.471 e. The number of carbonyl (C=O) groups excluding carboxylic acids is 2. The summed E-state index contributed by atoms with van der Waals surface area (Å²) in [5, 5.41) is 4.97. The number of amides is 2. The number of alkyl halides is 5. The van der Waals surface area contributed by atoms with Crippen LogP contribution >= 0.6 is 23.2 Å². The summed E-state index contributed by atoms with van der Waals surface area (Å²) in [6.45, 7) is -1.33. The number of aromatic amines is 1. The highest BCUT2D eigenvalue weighted by molar-refractivity contribution is 6.39. The molecule has 0 unspecified atom stereocenters. The molecule has 2 heterocycles. The first-order valence-corrected chi connectivity index (χ1v) is 10.3. The minimum absolute atomic E-state index is 0.0102. The number of pyridine rings is 1. The molecular weight excluding hydrogens is 526 g/mol. The van der Waals surface area contributed by atoms with Crippen LogP contribution in [-0.2, 0) is 11.3 Å². The number of benzene rings is 1. The average molecular weight is 541 g/mol. The van der Waals surface area contributed by atoms with Gasteiger partial charge in [0.15, 0.2) is 12.3 Å². The fourth-order valence-electron chi connectivity index (χ4n) is 2.82. The van der Waals surface area contributed by atoms with E-state index in [0.29, 0.717) is 0 Å². The van der Waals surface area contributed by atoms with Crippen LogP contribution in [0.1, 0.15) is 22.3 Å². The van der Waals surface area contributed by atoms with Crippen LogP contribution in [0.25, 0.3) is 11.2 Å². The predicted octanol–water partition coefficient (Wildman–Crippen LogP) is 4.32. The number of hydrogen-bond donors (Lipinski definition) is 4. The third kappa shape index (κ3) is 6.82. The van der Waals surface area contributed by atoms with Gasteiger partial charge >= 0.3 is 6.18 Å². The highest BCUT2D eigenvalue weighted by atomic mass is 35.5. The highest BCUT2D eigenvalue weighted by Gasteiger charge is 2.31. The number of hydrogen-bond acceptors (Lipinski definition) is 6. The summed E-state index contributed by atoms with van der Waals surface area (Å²) in [4.78, 5) is 33.9. The fourth-order valence-corrected chi connectivity index (χ4v) is 3.35. The molecule has 0 atom stereocenters. The lowest BCUT2D eigenvalue weighted by Crippen LogP contribution is -2.28.